The first-order valence-corrected chi connectivity index (χ1v) is 13.7. The van der Waals surface area contributed by atoms with Gasteiger partial charge in [0.05, 0.1) is 12.1 Å². The van der Waals surface area contributed by atoms with E-state index < -0.39 is 39.4 Å². The van der Waals surface area contributed by atoms with E-state index in [0.29, 0.717) is 19.3 Å². The third kappa shape index (κ3) is 6.92. The summed E-state index contributed by atoms with van der Waals surface area (Å²) in [6.45, 7) is 7.19. The molecule has 1 aliphatic carbocycles. The number of nitrogens with zero attached hydrogens (tertiary/aromatic N) is 2. The minimum absolute atomic E-state index is 0.0791. The average Bonchev–Trinajstić information content (AvgIpc) is 2.91. The molecule has 1 aromatic rings. The van der Waals surface area contributed by atoms with E-state index in [1.807, 2.05) is 6.92 Å². The minimum atomic E-state index is -3.89. The quantitative estimate of drug-likeness (QED) is 0.552. The first kappa shape index (κ1) is 27.3. The number of hydrogen-bond acceptors (Lipinski definition) is 7. The molecular weight excluding hydrogens is 472 g/mol. The summed E-state index contributed by atoms with van der Waals surface area (Å²) in [5.41, 5.74) is -1.83. The highest BCUT2D eigenvalue weighted by atomic mass is 32.2. The van der Waals surface area contributed by atoms with Crippen molar-refractivity contribution in [3.8, 4) is 0 Å². The number of carbonyl (C=O) groups is 2. The molecule has 196 valence electrons. The largest absolute Gasteiger partial charge is 0.444 e. The van der Waals surface area contributed by atoms with Crippen molar-refractivity contribution in [1.82, 2.24) is 19.9 Å². The topological polar surface area (TPSA) is 138 Å². The highest BCUT2D eigenvalue weighted by Crippen LogP contribution is 2.30. The highest BCUT2D eigenvalue weighted by molar-refractivity contribution is 7.89. The third-order valence-corrected chi connectivity index (χ3v) is 8.22. The number of alkyl carbamates (subject to hydrolysis) is 1. The van der Waals surface area contributed by atoms with Crippen LogP contribution in [0, 0.1) is 5.92 Å². The molecular formula is C24H38N4O6S. The van der Waals surface area contributed by atoms with Gasteiger partial charge < -0.3 is 20.5 Å². The predicted molar refractivity (Wildman–Crippen MR) is 130 cm³/mol. The summed E-state index contributed by atoms with van der Waals surface area (Å²) in [7, 11) is -3.89. The fourth-order valence-corrected chi connectivity index (χ4v) is 6.28. The number of ether oxygens (including phenoxy) is 1. The Morgan fingerprint density at radius 1 is 1.17 bits per heavy atom. The Morgan fingerprint density at radius 3 is 2.46 bits per heavy atom. The Kier molecular flexibility index (Phi) is 8.44. The molecule has 2 fully saturated rings. The van der Waals surface area contributed by atoms with Crippen molar-refractivity contribution in [2.24, 2.45) is 5.92 Å². The maximum absolute atomic E-state index is 13.5. The summed E-state index contributed by atoms with van der Waals surface area (Å²) in [6.07, 6.45) is 3.49. The number of rotatable bonds is 5. The Morgan fingerprint density at radius 2 is 1.86 bits per heavy atom. The van der Waals surface area contributed by atoms with E-state index in [9.17, 15) is 23.1 Å². The van der Waals surface area contributed by atoms with E-state index in [1.54, 1.807) is 32.9 Å². The molecule has 2 unspecified atom stereocenters. The van der Waals surface area contributed by atoms with Crippen molar-refractivity contribution in [3.05, 3.63) is 24.4 Å². The molecule has 10 nitrogen and oxygen atoms in total. The second-order valence-electron chi connectivity index (χ2n) is 10.7. The van der Waals surface area contributed by atoms with Crippen LogP contribution in [-0.2, 0) is 19.6 Å². The molecule has 1 saturated carbocycles. The summed E-state index contributed by atoms with van der Waals surface area (Å²) in [5.74, 6) is -0.502. The van der Waals surface area contributed by atoms with Crippen LogP contribution in [0.5, 0.6) is 0 Å². The Balaban J connectivity index is 1.75. The second-order valence-corrected chi connectivity index (χ2v) is 12.6. The fraction of sp³-hybridized carbons (Fsp3) is 0.708. The van der Waals surface area contributed by atoms with Gasteiger partial charge in [0.2, 0.25) is 5.91 Å². The summed E-state index contributed by atoms with van der Waals surface area (Å²) >= 11 is 0. The molecule has 0 spiro atoms. The van der Waals surface area contributed by atoms with Gasteiger partial charge in [-0.3, -0.25) is 4.79 Å². The van der Waals surface area contributed by atoms with Crippen LogP contribution in [0.15, 0.2) is 29.4 Å². The lowest BCUT2D eigenvalue weighted by Crippen LogP contribution is -2.63. The highest BCUT2D eigenvalue weighted by Gasteiger charge is 2.44. The van der Waals surface area contributed by atoms with Gasteiger partial charge in [-0.05, 0) is 58.1 Å². The second kappa shape index (κ2) is 10.8. The van der Waals surface area contributed by atoms with Gasteiger partial charge >= 0.3 is 6.09 Å². The molecule has 2 amide bonds. The van der Waals surface area contributed by atoms with E-state index in [1.165, 1.54) is 16.6 Å². The van der Waals surface area contributed by atoms with Crippen molar-refractivity contribution in [2.75, 3.05) is 13.1 Å². The Hall–Kier alpha value is -2.24. The minimum Gasteiger partial charge on any atom is -0.444 e. The third-order valence-electron chi connectivity index (χ3n) is 6.47. The van der Waals surface area contributed by atoms with Crippen molar-refractivity contribution in [2.45, 2.75) is 94.5 Å². The number of aliphatic hydroxyl groups excluding tert-OH is 1. The SMILES string of the molecule is C[C@H]1CC(NC(=O)C2(NC(=O)OC(C)(C)C)CCCCC2)C(O)CN(S(=O)(=O)c2ccccn2)C1. The number of sulfonamides is 1. The van der Waals surface area contributed by atoms with Gasteiger partial charge in [0, 0.05) is 19.3 Å². The van der Waals surface area contributed by atoms with Gasteiger partial charge in [0.15, 0.2) is 5.03 Å². The normalized spacial score (nSPS) is 25.8. The van der Waals surface area contributed by atoms with Crippen molar-refractivity contribution >= 4 is 22.0 Å². The maximum atomic E-state index is 13.5. The van der Waals surface area contributed by atoms with Crippen LogP contribution in [0.25, 0.3) is 0 Å². The molecule has 1 saturated heterocycles. The van der Waals surface area contributed by atoms with Crippen LogP contribution in [0.2, 0.25) is 0 Å². The summed E-state index contributed by atoms with van der Waals surface area (Å²) in [4.78, 5) is 30.0. The van der Waals surface area contributed by atoms with Gasteiger partial charge in [0.25, 0.3) is 10.0 Å². The number of pyridine rings is 1. The number of amides is 2. The van der Waals surface area contributed by atoms with Gasteiger partial charge in [-0.25, -0.2) is 18.2 Å². The van der Waals surface area contributed by atoms with Crippen LogP contribution >= 0.6 is 0 Å². The molecule has 0 aromatic carbocycles. The number of hydrogen-bond donors (Lipinski definition) is 3. The zero-order valence-corrected chi connectivity index (χ0v) is 21.8. The van der Waals surface area contributed by atoms with Crippen LogP contribution in [0.1, 0.15) is 66.2 Å². The molecule has 1 aromatic heterocycles. The van der Waals surface area contributed by atoms with Crippen molar-refractivity contribution in [3.63, 3.8) is 0 Å². The van der Waals surface area contributed by atoms with Gasteiger partial charge in [0.1, 0.15) is 11.1 Å². The molecule has 0 radical (unpaired) electrons. The molecule has 2 aliphatic rings. The van der Waals surface area contributed by atoms with Gasteiger partial charge in [-0.1, -0.05) is 32.3 Å². The van der Waals surface area contributed by atoms with E-state index in [2.05, 4.69) is 15.6 Å². The van der Waals surface area contributed by atoms with E-state index in [0.717, 1.165) is 19.3 Å². The van der Waals surface area contributed by atoms with Crippen molar-refractivity contribution in [1.29, 1.82) is 0 Å². The average molecular weight is 511 g/mol. The maximum Gasteiger partial charge on any atom is 0.408 e. The molecule has 35 heavy (non-hydrogen) atoms. The number of aromatic nitrogens is 1. The van der Waals surface area contributed by atoms with Crippen LogP contribution < -0.4 is 10.6 Å². The Bertz CT molecular complexity index is 989. The molecule has 3 rings (SSSR count). The molecule has 1 aliphatic heterocycles. The standard InChI is InChI=1S/C24H38N4O6S/c1-17-14-18(19(29)16-28(15-17)35(32,33)20-10-6-9-13-25-20)26-21(30)24(11-7-5-8-12-24)27-22(31)34-23(2,3)4/h6,9-10,13,17-19,29H,5,7-8,11-12,14-16H2,1-4H3,(H,26,30)(H,27,31)/t17-,18?,19?/m0/s1. The smallest absolute Gasteiger partial charge is 0.408 e. The number of carbonyl (C=O) groups excluding carboxylic acids is 2. The first-order chi connectivity index (χ1) is 16.3. The molecule has 3 atom stereocenters. The van der Waals surface area contributed by atoms with Crippen LogP contribution in [0.3, 0.4) is 0 Å². The molecule has 3 N–H and O–H groups in total. The fourth-order valence-electron chi connectivity index (χ4n) is 4.78. The zero-order chi connectivity index (χ0) is 25.9. The monoisotopic (exact) mass is 510 g/mol. The number of β-amino-alcohol motifs (C(OH)–C–C–N with tert-alkyl or cyclic N) is 1. The lowest BCUT2D eigenvalue weighted by molar-refractivity contribution is -0.130. The van der Waals surface area contributed by atoms with E-state index in [4.69, 9.17) is 4.74 Å². The van der Waals surface area contributed by atoms with Gasteiger partial charge in [-0.15, -0.1) is 0 Å². The molecule has 11 heteroatoms. The van der Waals surface area contributed by atoms with Crippen molar-refractivity contribution < 1.29 is 27.9 Å². The molecule has 0 bridgehead atoms. The Labute approximate surface area is 207 Å². The number of aliphatic hydroxyl groups is 1. The predicted octanol–water partition coefficient (Wildman–Crippen LogP) is 2.19. The van der Waals surface area contributed by atoms with Crippen LogP contribution in [0.4, 0.5) is 4.79 Å². The first-order valence-electron chi connectivity index (χ1n) is 12.2. The summed E-state index contributed by atoms with van der Waals surface area (Å²) in [5, 5.41) is 16.6. The summed E-state index contributed by atoms with van der Waals surface area (Å²) < 4.78 is 32.8. The molecule has 2 heterocycles. The summed E-state index contributed by atoms with van der Waals surface area (Å²) in [6, 6.07) is 3.99. The zero-order valence-electron chi connectivity index (χ0n) is 21.0. The van der Waals surface area contributed by atoms with Gasteiger partial charge in [-0.2, -0.15) is 4.31 Å². The van der Waals surface area contributed by atoms with E-state index in [-0.39, 0.29) is 29.9 Å². The van der Waals surface area contributed by atoms with Crippen LogP contribution in [-0.4, -0.2) is 71.2 Å². The lowest BCUT2D eigenvalue weighted by atomic mass is 9.80. The van der Waals surface area contributed by atoms with E-state index >= 15 is 0 Å². The lowest BCUT2D eigenvalue weighted by Gasteiger charge is -2.38. The number of nitrogens with one attached hydrogen (secondary N) is 2.